The highest BCUT2D eigenvalue weighted by atomic mass is 16.6. The van der Waals surface area contributed by atoms with Gasteiger partial charge in [0.15, 0.2) is 0 Å². The molecule has 1 amide bonds. The standard InChI is InChI=1S/C17H22N2O5/c1-17(2,3)24-16(21)18-10-6-7-12(11-18)15(20)13-8-4-5-9-14(13)19(22)23/h4-5,7-9,15,20H,6,10-11H2,1-3H3. The summed E-state index contributed by atoms with van der Waals surface area (Å²) in [6.45, 7) is 6.03. The van der Waals surface area contributed by atoms with Crippen LogP contribution in [0.2, 0.25) is 0 Å². The molecule has 1 aromatic carbocycles. The monoisotopic (exact) mass is 334 g/mol. The zero-order valence-electron chi connectivity index (χ0n) is 14.1. The molecule has 1 aliphatic rings. The van der Waals surface area contributed by atoms with Gasteiger partial charge in [0, 0.05) is 19.2 Å². The maximum Gasteiger partial charge on any atom is 0.410 e. The van der Waals surface area contributed by atoms with Crippen LogP contribution in [0.15, 0.2) is 35.9 Å². The Labute approximate surface area is 140 Å². The number of nitro benzene ring substituents is 1. The number of para-hydroxylation sites is 1. The van der Waals surface area contributed by atoms with E-state index in [0.29, 0.717) is 18.5 Å². The van der Waals surface area contributed by atoms with Crippen molar-refractivity contribution in [3.05, 3.63) is 51.6 Å². The van der Waals surface area contributed by atoms with E-state index in [1.54, 1.807) is 32.9 Å². The third-order valence-corrected chi connectivity index (χ3v) is 3.61. The lowest BCUT2D eigenvalue weighted by Crippen LogP contribution is -2.40. The van der Waals surface area contributed by atoms with E-state index in [-0.39, 0.29) is 17.8 Å². The van der Waals surface area contributed by atoms with Gasteiger partial charge < -0.3 is 14.7 Å². The van der Waals surface area contributed by atoms with Gasteiger partial charge >= 0.3 is 6.09 Å². The SMILES string of the molecule is CC(C)(C)OC(=O)N1CCC=C(C(O)c2ccccc2[N+](=O)[O-])C1. The molecule has 1 N–H and O–H groups in total. The van der Waals surface area contributed by atoms with Crippen molar-refractivity contribution in [3.8, 4) is 0 Å². The number of hydrogen-bond acceptors (Lipinski definition) is 5. The van der Waals surface area contributed by atoms with Crippen LogP contribution in [0.3, 0.4) is 0 Å². The molecule has 1 aromatic rings. The van der Waals surface area contributed by atoms with Crippen molar-refractivity contribution in [1.82, 2.24) is 4.90 Å². The van der Waals surface area contributed by atoms with Crippen LogP contribution in [-0.4, -0.2) is 39.7 Å². The van der Waals surface area contributed by atoms with Crippen LogP contribution >= 0.6 is 0 Å². The first kappa shape index (κ1) is 17.9. The fourth-order valence-electron chi connectivity index (χ4n) is 2.53. The van der Waals surface area contributed by atoms with Crippen LogP contribution in [0, 0.1) is 10.1 Å². The second-order valence-electron chi connectivity index (χ2n) is 6.69. The number of carbonyl (C=O) groups excluding carboxylic acids is 1. The van der Waals surface area contributed by atoms with Gasteiger partial charge in [-0.1, -0.05) is 18.2 Å². The number of rotatable bonds is 3. The first-order valence-corrected chi connectivity index (χ1v) is 7.77. The van der Waals surface area contributed by atoms with E-state index in [0.717, 1.165) is 0 Å². The zero-order valence-corrected chi connectivity index (χ0v) is 14.1. The predicted octanol–water partition coefficient (Wildman–Crippen LogP) is 3.20. The molecule has 0 bridgehead atoms. The lowest BCUT2D eigenvalue weighted by molar-refractivity contribution is -0.386. The number of nitrogens with zero attached hydrogens (tertiary/aromatic N) is 2. The summed E-state index contributed by atoms with van der Waals surface area (Å²) >= 11 is 0. The molecule has 0 aliphatic carbocycles. The molecule has 0 aromatic heterocycles. The Morgan fingerprint density at radius 1 is 1.38 bits per heavy atom. The summed E-state index contributed by atoms with van der Waals surface area (Å²) in [5.41, 5.74) is 0.0383. The van der Waals surface area contributed by atoms with Crippen LogP contribution < -0.4 is 0 Å². The van der Waals surface area contributed by atoms with Crippen LogP contribution in [-0.2, 0) is 4.74 Å². The van der Waals surface area contributed by atoms with Crippen molar-refractivity contribution in [1.29, 1.82) is 0 Å². The van der Waals surface area contributed by atoms with Crippen molar-refractivity contribution >= 4 is 11.8 Å². The van der Waals surface area contributed by atoms with Crippen molar-refractivity contribution < 1.29 is 19.6 Å². The number of hydrogen-bond donors (Lipinski definition) is 1. The Balaban J connectivity index is 2.17. The molecule has 130 valence electrons. The highest BCUT2D eigenvalue weighted by Gasteiger charge is 2.29. The lowest BCUT2D eigenvalue weighted by atomic mass is 9.97. The fraction of sp³-hybridized carbons (Fsp3) is 0.471. The van der Waals surface area contributed by atoms with Crippen molar-refractivity contribution in [2.24, 2.45) is 0 Å². The highest BCUT2D eigenvalue weighted by Crippen LogP contribution is 2.31. The molecule has 0 fully saturated rings. The van der Waals surface area contributed by atoms with Gasteiger partial charge in [-0.05, 0) is 38.8 Å². The Bertz CT molecular complexity index is 663. The molecule has 0 saturated carbocycles. The van der Waals surface area contributed by atoms with Crippen molar-refractivity contribution in [2.45, 2.75) is 38.9 Å². The average molecular weight is 334 g/mol. The first-order chi connectivity index (χ1) is 11.2. The van der Waals surface area contributed by atoms with E-state index in [1.165, 1.54) is 17.0 Å². The number of benzene rings is 1. The largest absolute Gasteiger partial charge is 0.444 e. The molecule has 1 atom stereocenters. The molecule has 24 heavy (non-hydrogen) atoms. The molecule has 1 unspecified atom stereocenters. The molecule has 0 radical (unpaired) electrons. The number of aliphatic hydroxyl groups excluding tert-OH is 1. The maximum atomic E-state index is 12.2. The topological polar surface area (TPSA) is 92.9 Å². The van der Waals surface area contributed by atoms with E-state index < -0.39 is 22.7 Å². The predicted molar refractivity (Wildman–Crippen MR) is 88.6 cm³/mol. The third-order valence-electron chi connectivity index (χ3n) is 3.61. The molecule has 2 rings (SSSR count). The maximum absolute atomic E-state index is 12.2. The van der Waals surface area contributed by atoms with Gasteiger partial charge in [0.25, 0.3) is 5.69 Å². The minimum Gasteiger partial charge on any atom is -0.444 e. The van der Waals surface area contributed by atoms with E-state index in [1.807, 2.05) is 6.08 Å². The van der Waals surface area contributed by atoms with E-state index >= 15 is 0 Å². The number of carbonyl (C=O) groups is 1. The van der Waals surface area contributed by atoms with Gasteiger partial charge in [-0.3, -0.25) is 10.1 Å². The molecule has 1 aliphatic heterocycles. The molecule has 7 nitrogen and oxygen atoms in total. The number of nitro groups is 1. The normalized spacial score (nSPS) is 16.3. The Kier molecular flexibility index (Phi) is 5.23. The summed E-state index contributed by atoms with van der Waals surface area (Å²) in [6.07, 6.45) is 0.800. The second kappa shape index (κ2) is 7.00. The van der Waals surface area contributed by atoms with E-state index in [4.69, 9.17) is 4.74 Å². The summed E-state index contributed by atoms with van der Waals surface area (Å²) < 4.78 is 5.34. The molecule has 1 heterocycles. The highest BCUT2D eigenvalue weighted by molar-refractivity contribution is 5.69. The number of ether oxygens (including phenoxy) is 1. The first-order valence-electron chi connectivity index (χ1n) is 7.77. The molecule has 0 saturated heterocycles. The van der Waals surface area contributed by atoms with Crippen molar-refractivity contribution in [2.75, 3.05) is 13.1 Å². The van der Waals surface area contributed by atoms with E-state index in [2.05, 4.69) is 0 Å². The average Bonchev–Trinajstić information content (AvgIpc) is 2.52. The second-order valence-corrected chi connectivity index (χ2v) is 6.69. The Morgan fingerprint density at radius 3 is 2.67 bits per heavy atom. The summed E-state index contributed by atoms with van der Waals surface area (Å²) in [7, 11) is 0. The summed E-state index contributed by atoms with van der Waals surface area (Å²) in [4.78, 5) is 24.3. The fourth-order valence-corrected chi connectivity index (χ4v) is 2.53. The molecule has 0 spiro atoms. The van der Waals surface area contributed by atoms with Gasteiger partial charge in [-0.2, -0.15) is 0 Å². The molecule has 7 heteroatoms. The van der Waals surface area contributed by atoms with Gasteiger partial charge in [-0.25, -0.2) is 4.79 Å². The summed E-state index contributed by atoms with van der Waals surface area (Å²) in [6, 6.07) is 6.07. The third kappa shape index (κ3) is 4.32. The lowest BCUT2D eigenvalue weighted by Gasteiger charge is -2.31. The van der Waals surface area contributed by atoms with Crippen LogP contribution in [0.5, 0.6) is 0 Å². The zero-order chi connectivity index (χ0) is 17.9. The molecular formula is C17H22N2O5. The summed E-state index contributed by atoms with van der Waals surface area (Å²) in [5.74, 6) is 0. The van der Waals surface area contributed by atoms with Crippen LogP contribution in [0.25, 0.3) is 0 Å². The van der Waals surface area contributed by atoms with Crippen molar-refractivity contribution in [3.63, 3.8) is 0 Å². The minimum atomic E-state index is -1.13. The quantitative estimate of drug-likeness (QED) is 0.520. The van der Waals surface area contributed by atoms with Gasteiger partial charge in [0.1, 0.15) is 11.7 Å². The van der Waals surface area contributed by atoms with Crippen LogP contribution in [0.4, 0.5) is 10.5 Å². The Morgan fingerprint density at radius 2 is 2.04 bits per heavy atom. The van der Waals surface area contributed by atoms with E-state index in [9.17, 15) is 20.0 Å². The number of aliphatic hydroxyl groups is 1. The molecular weight excluding hydrogens is 312 g/mol. The van der Waals surface area contributed by atoms with Gasteiger partial charge in [0.05, 0.1) is 10.5 Å². The minimum absolute atomic E-state index is 0.139. The summed E-state index contributed by atoms with van der Waals surface area (Å²) in [5, 5.41) is 21.7. The van der Waals surface area contributed by atoms with Gasteiger partial charge in [-0.15, -0.1) is 0 Å². The van der Waals surface area contributed by atoms with Crippen LogP contribution in [0.1, 0.15) is 38.9 Å². The smallest absolute Gasteiger partial charge is 0.410 e. The van der Waals surface area contributed by atoms with Gasteiger partial charge in [0.2, 0.25) is 0 Å². The Hall–Kier alpha value is -2.41. The number of amides is 1.